The molecule has 0 saturated carbocycles. The number of carbonyl (C=O) groups excluding carboxylic acids is 2. The van der Waals surface area contributed by atoms with E-state index >= 15 is 0 Å². The van der Waals surface area contributed by atoms with Crippen molar-refractivity contribution in [3.05, 3.63) is 28.7 Å². The first-order valence-corrected chi connectivity index (χ1v) is 8.56. The van der Waals surface area contributed by atoms with Crippen molar-refractivity contribution in [3.8, 4) is 0 Å². The minimum Gasteiger partial charge on any atom is -0.369 e. The topological polar surface area (TPSA) is 88.4 Å². The van der Waals surface area contributed by atoms with Gasteiger partial charge in [0.25, 0.3) is 0 Å². The van der Waals surface area contributed by atoms with Gasteiger partial charge in [0.1, 0.15) is 6.04 Å². The van der Waals surface area contributed by atoms with E-state index in [2.05, 4.69) is 15.5 Å². The number of imide groups is 1. The van der Waals surface area contributed by atoms with Crippen molar-refractivity contribution in [2.45, 2.75) is 18.9 Å². The lowest BCUT2D eigenvalue weighted by molar-refractivity contribution is -0.135. The van der Waals surface area contributed by atoms with Gasteiger partial charge < -0.3 is 10.2 Å². The number of benzene rings is 1. The summed E-state index contributed by atoms with van der Waals surface area (Å²) in [5, 5.41) is 5.65. The molecule has 2 N–H and O–H groups in total. The number of aryl methyl sites for hydroxylation is 1. The van der Waals surface area contributed by atoms with Crippen molar-refractivity contribution in [2.75, 3.05) is 31.1 Å². The number of nitrogens with zero attached hydrogens (tertiary/aromatic N) is 3. The summed E-state index contributed by atoms with van der Waals surface area (Å²) >= 11 is 0. The van der Waals surface area contributed by atoms with Crippen molar-refractivity contribution in [2.24, 2.45) is 7.05 Å². The highest BCUT2D eigenvalue weighted by Gasteiger charge is 2.31. The fourth-order valence-electron chi connectivity index (χ4n) is 3.70. The van der Waals surface area contributed by atoms with Gasteiger partial charge in [0.05, 0.1) is 11.0 Å². The summed E-state index contributed by atoms with van der Waals surface area (Å²) in [7, 11) is 1.72. The van der Waals surface area contributed by atoms with Crippen LogP contribution in [0.4, 0.5) is 5.69 Å². The van der Waals surface area contributed by atoms with E-state index in [9.17, 15) is 14.4 Å². The van der Waals surface area contributed by atoms with Gasteiger partial charge in [-0.2, -0.15) is 0 Å². The highest BCUT2D eigenvalue weighted by molar-refractivity contribution is 6.00. The number of aromatic nitrogens is 2. The number of nitrogens with one attached hydrogen (secondary N) is 2. The van der Waals surface area contributed by atoms with Crippen LogP contribution in [0, 0.1) is 0 Å². The summed E-state index contributed by atoms with van der Waals surface area (Å²) in [4.78, 5) is 38.6. The molecule has 3 heterocycles. The fraction of sp³-hybridized carbons (Fsp3) is 0.471. The van der Waals surface area contributed by atoms with Crippen molar-refractivity contribution in [1.82, 2.24) is 19.8 Å². The van der Waals surface area contributed by atoms with Crippen LogP contribution in [0.3, 0.4) is 0 Å². The second-order valence-corrected chi connectivity index (χ2v) is 6.59. The third-order valence-corrected chi connectivity index (χ3v) is 5.08. The van der Waals surface area contributed by atoms with Crippen LogP contribution in [0.1, 0.15) is 18.9 Å². The summed E-state index contributed by atoms with van der Waals surface area (Å²) in [6, 6.07) is 5.26. The molecule has 25 heavy (non-hydrogen) atoms. The van der Waals surface area contributed by atoms with E-state index < -0.39 is 11.9 Å². The number of hydrogen-bond donors (Lipinski definition) is 2. The average molecular weight is 343 g/mol. The highest BCUT2D eigenvalue weighted by atomic mass is 16.2. The molecule has 2 aliphatic rings. The number of anilines is 1. The van der Waals surface area contributed by atoms with Crippen LogP contribution in [0.5, 0.6) is 0 Å². The minimum absolute atomic E-state index is 0.234. The van der Waals surface area contributed by atoms with Crippen LogP contribution < -0.4 is 21.2 Å². The molecule has 2 fully saturated rings. The molecule has 2 aliphatic heterocycles. The van der Waals surface area contributed by atoms with E-state index in [0.29, 0.717) is 6.42 Å². The summed E-state index contributed by atoms with van der Waals surface area (Å²) in [5.74, 6) is -0.687. The van der Waals surface area contributed by atoms with Gasteiger partial charge in [0.15, 0.2) is 0 Å². The minimum atomic E-state index is -0.640. The molecule has 2 aromatic rings. The van der Waals surface area contributed by atoms with Crippen molar-refractivity contribution in [1.29, 1.82) is 0 Å². The van der Waals surface area contributed by atoms with E-state index in [0.717, 1.165) is 42.9 Å². The monoisotopic (exact) mass is 343 g/mol. The molecule has 0 aliphatic carbocycles. The van der Waals surface area contributed by atoms with Crippen molar-refractivity contribution < 1.29 is 9.59 Å². The van der Waals surface area contributed by atoms with Crippen LogP contribution >= 0.6 is 0 Å². The summed E-state index contributed by atoms with van der Waals surface area (Å²) < 4.78 is 3.09. The van der Waals surface area contributed by atoms with Crippen molar-refractivity contribution >= 4 is 28.5 Å². The molecule has 1 aromatic heterocycles. The first-order valence-electron chi connectivity index (χ1n) is 8.56. The van der Waals surface area contributed by atoms with Gasteiger partial charge in [-0.15, -0.1) is 0 Å². The number of carbonyl (C=O) groups is 2. The van der Waals surface area contributed by atoms with Crippen LogP contribution in [0.2, 0.25) is 0 Å². The Hall–Kier alpha value is -2.61. The van der Waals surface area contributed by atoms with E-state index in [4.69, 9.17) is 0 Å². The maximum Gasteiger partial charge on any atom is 0.329 e. The third-order valence-electron chi connectivity index (χ3n) is 5.08. The lowest BCUT2D eigenvalue weighted by Crippen LogP contribution is -2.44. The van der Waals surface area contributed by atoms with Gasteiger partial charge in [0.2, 0.25) is 11.8 Å². The fourth-order valence-corrected chi connectivity index (χ4v) is 3.70. The normalized spacial score (nSPS) is 21.6. The van der Waals surface area contributed by atoms with E-state index in [1.807, 2.05) is 18.2 Å². The van der Waals surface area contributed by atoms with Crippen LogP contribution in [-0.2, 0) is 16.6 Å². The molecule has 132 valence electrons. The summed E-state index contributed by atoms with van der Waals surface area (Å²) in [5.41, 5.74) is 2.36. The number of piperidine rings is 1. The Morgan fingerprint density at radius 1 is 1.08 bits per heavy atom. The Kier molecular flexibility index (Phi) is 3.84. The molecule has 0 spiro atoms. The predicted octanol–water partition coefficient (Wildman–Crippen LogP) is -0.273. The standard InChI is InChI=1S/C17H21N5O3/c1-20-14-10-11(21-8-6-18-7-9-21)2-3-12(14)22(17(20)25)13-4-5-15(23)19-16(13)24/h2-3,10,13,18H,4-9H2,1H3,(H,19,23,24). The quantitative estimate of drug-likeness (QED) is 0.733. The molecule has 8 nitrogen and oxygen atoms in total. The summed E-state index contributed by atoms with van der Waals surface area (Å²) in [6.45, 7) is 3.73. The maximum absolute atomic E-state index is 12.7. The lowest BCUT2D eigenvalue weighted by atomic mass is 10.1. The van der Waals surface area contributed by atoms with Gasteiger partial charge in [-0.1, -0.05) is 0 Å². The molecule has 1 unspecified atom stereocenters. The number of rotatable bonds is 2. The molecule has 0 radical (unpaired) electrons. The highest BCUT2D eigenvalue weighted by Crippen LogP contribution is 2.26. The largest absolute Gasteiger partial charge is 0.369 e. The molecule has 0 bridgehead atoms. The van der Waals surface area contributed by atoms with Crippen LogP contribution in [0.15, 0.2) is 23.0 Å². The van der Waals surface area contributed by atoms with Crippen LogP contribution in [0.25, 0.3) is 11.0 Å². The molecule has 2 saturated heterocycles. The average Bonchev–Trinajstić information content (AvgIpc) is 2.87. The van der Waals surface area contributed by atoms with Gasteiger partial charge >= 0.3 is 5.69 Å². The zero-order valence-corrected chi connectivity index (χ0v) is 14.1. The second-order valence-electron chi connectivity index (χ2n) is 6.59. The molecular weight excluding hydrogens is 322 g/mol. The molecular formula is C17H21N5O3. The SMILES string of the molecule is Cn1c(=O)n(C2CCC(=O)NC2=O)c2ccc(N3CCNCC3)cc21. The predicted molar refractivity (Wildman–Crippen MR) is 93.7 cm³/mol. The Bertz CT molecular complexity index is 907. The number of hydrogen-bond acceptors (Lipinski definition) is 5. The third kappa shape index (κ3) is 2.62. The lowest BCUT2D eigenvalue weighted by Gasteiger charge is -2.29. The number of imidazole rings is 1. The number of fused-ring (bicyclic) bond motifs is 1. The maximum atomic E-state index is 12.7. The zero-order chi connectivity index (χ0) is 17.6. The second kappa shape index (κ2) is 6.03. The van der Waals surface area contributed by atoms with Gasteiger partial charge in [-0.25, -0.2) is 4.79 Å². The molecule has 1 atom stereocenters. The number of amides is 2. The zero-order valence-electron chi connectivity index (χ0n) is 14.1. The van der Waals surface area contributed by atoms with Crippen LogP contribution in [-0.4, -0.2) is 47.1 Å². The first-order chi connectivity index (χ1) is 12.1. The molecule has 8 heteroatoms. The molecule has 2 amide bonds. The van der Waals surface area contributed by atoms with Crippen molar-refractivity contribution in [3.63, 3.8) is 0 Å². The molecule has 1 aromatic carbocycles. The Morgan fingerprint density at radius 3 is 2.56 bits per heavy atom. The Labute approximate surface area is 144 Å². The van der Waals surface area contributed by atoms with Gasteiger partial charge in [0, 0.05) is 45.3 Å². The van der Waals surface area contributed by atoms with E-state index in [1.165, 1.54) is 4.57 Å². The van der Waals surface area contributed by atoms with Gasteiger partial charge in [-0.05, 0) is 24.6 Å². The summed E-state index contributed by atoms with van der Waals surface area (Å²) in [6.07, 6.45) is 0.599. The Balaban J connectivity index is 1.78. The number of piperazine rings is 1. The Morgan fingerprint density at radius 2 is 1.84 bits per heavy atom. The first kappa shape index (κ1) is 15.9. The van der Waals surface area contributed by atoms with Gasteiger partial charge in [-0.3, -0.25) is 24.0 Å². The smallest absolute Gasteiger partial charge is 0.329 e. The van der Waals surface area contributed by atoms with E-state index in [1.54, 1.807) is 11.6 Å². The van der Waals surface area contributed by atoms with E-state index in [-0.39, 0.29) is 18.0 Å². The molecule has 4 rings (SSSR count).